The molecule has 1 aromatic carbocycles. The molecule has 0 fully saturated rings. The molecule has 1 unspecified atom stereocenters. The van der Waals surface area contributed by atoms with Crippen LogP contribution in [-0.4, -0.2) is 43.1 Å². The number of hydrogen-bond acceptors (Lipinski definition) is 5. The van der Waals surface area contributed by atoms with Crippen molar-refractivity contribution in [2.75, 3.05) is 13.1 Å². The summed E-state index contributed by atoms with van der Waals surface area (Å²) in [7, 11) is 0. The number of halogens is 1. The van der Waals surface area contributed by atoms with E-state index in [1.807, 2.05) is 35.1 Å². The van der Waals surface area contributed by atoms with Crippen LogP contribution in [0.5, 0.6) is 0 Å². The van der Waals surface area contributed by atoms with E-state index in [1.54, 1.807) is 18.1 Å². The van der Waals surface area contributed by atoms with Crippen LogP contribution in [0.25, 0.3) is 16.7 Å². The van der Waals surface area contributed by atoms with Crippen LogP contribution in [0.1, 0.15) is 20.8 Å². The Balaban J connectivity index is 1.96. The molecule has 126 valence electrons. The first kappa shape index (κ1) is 17.2. The Morgan fingerprint density at radius 2 is 1.88 bits per heavy atom. The average molecular weight is 362 g/mol. The van der Waals surface area contributed by atoms with Gasteiger partial charge in [0.05, 0.1) is 22.6 Å². The fourth-order valence-electron chi connectivity index (χ4n) is 2.66. The van der Waals surface area contributed by atoms with Gasteiger partial charge in [-0.15, -0.1) is 0 Å². The van der Waals surface area contributed by atoms with E-state index in [0.29, 0.717) is 10.4 Å². The molecule has 0 saturated carbocycles. The maximum atomic E-state index is 5.97. The molecule has 1 atom stereocenters. The zero-order chi connectivity index (χ0) is 17.1. The maximum absolute atomic E-state index is 5.97. The molecule has 0 N–H and O–H groups in total. The Bertz CT molecular complexity index is 813. The fourth-order valence-corrected chi connectivity index (χ4v) is 3.94. The van der Waals surface area contributed by atoms with Gasteiger partial charge in [0.15, 0.2) is 5.65 Å². The normalized spacial score (nSPS) is 12.9. The molecule has 3 aromatic rings. The van der Waals surface area contributed by atoms with E-state index < -0.39 is 0 Å². The number of aromatic nitrogens is 4. The predicted octanol–water partition coefficient (Wildman–Crippen LogP) is 4.25. The lowest BCUT2D eigenvalue weighted by Gasteiger charge is -2.25. The van der Waals surface area contributed by atoms with Crippen LogP contribution in [0.15, 0.2) is 41.8 Å². The molecule has 2 aromatic heterocycles. The molecule has 3 rings (SSSR count). The summed E-state index contributed by atoms with van der Waals surface area (Å²) < 4.78 is 1.82. The van der Waals surface area contributed by atoms with Gasteiger partial charge in [-0.25, -0.2) is 14.6 Å². The molecular weight excluding hydrogens is 342 g/mol. The third kappa shape index (κ3) is 3.41. The summed E-state index contributed by atoms with van der Waals surface area (Å²) in [4.78, 5) is 11.3. The molecule has 0 saturated heterocycles. The number of thioether (sulfide) groups is 1. The summed E-state index contributed by atoms with van der Waals surface area (Å²) in [6.07, 6.45) is 3.44. The maximum Gasteiger partial charge on any atom is 0.167 e. The van der Waals surface area contributed by atoms with Crippen LogP contribution < -0.4 is 0 Å². The molecule has 5 nitrogen and oxygen atoms in total. The molecule has 24 heavy (non-hydrogen) atoms. The van der Waals surface area contributed by atoms with Gasteiger partial charge in [0, 0.05) is 5.02 Å². The molecule has 0 aliphatic rings. The van der Waals surface area contributed by atoms with Crippen molar-refractivity contribution < 1.29 is 0 Å². The van der Waals surface area contributed by atoms with E-state index in [4.69, 9.17) is 11.6 Å². The molecule has 0 aliphatic heterocycles. The first-order chi connectivity index (χ1) is 11.6. The number of fused-ring (bicyclic) bond motifs is 1. The van der Waals surface area contributed by atoms with Crippen LogP contribution >= 0.6 is 23.4 Å². The monoisotopic (exact) mass is 361 g/mol. The van der Waals surface area contributed by atoms with Crippen molar-refractivity contribution >= 4 is 34.4 Å². The SMILES string of the molecule is CCN(CC)C(C)Sc1ncnc2c1cnn2-c1ccc(Cl)cc1. The Kier molecular flexibility index (Phi) is 5.38. The van der Waals surface area contributed by atoms with Gasteiger partial charge in [-0.3, -0.25) is 4.90 Å². The van der Waals surface area contributed by atoms with E-state index in [9.17, 15) is 0 Å². The van der Waals surface area contributed by atoms with Crippen molar-refractivity contribution in [1.82, 2.24) is 24.6 Å². The quantitative estimate of drug-likeness (QED) is 0.373. The number of hydrogen-bond donors (Lipinski definition) is 0. The highest BCUT2D eigenvalue weighted by molar-refractivity contribution is 8.00. The van der Waals surface area contributed by atoms with E-state index in [1.165, 1.54) is 0 Å². The van der Waals surface area contributed by atoms with Gasteiger partial charge in [-0.05, 0) is 44.3 Å². The Hall–Kier alpha value is -1.63. The van der Waals surface area contributed by atoms with Crippen molar-refractivity contribution in [2.45, 2.75) is 31.2 Å². The van der Waals surface area contributed by atoms with E-state index in [0.717, 1.165) is 34.8 Å². The third-order valence-electron chi connectivity index (χ3n) is 4.01. The highest BCUT2D eigenvalue weighted by atomic mass is 35.5. The topological polar surface area (TPSA) is 46.8 Å². The lowest BCUT2D eigenvalue weighted by molar-refractivity contribution is 0.297. The van der Waals surface area contributed by atoms with Crippen molar-refractivity contribution in [3.63, 3.8) is 0 Å². The van der Waals surface area contributed by atoms with Crippen LogP contribution in [-0.2, 0) is 0 Å². The molecule has 0 aliphatic carbocycles. The lowest BCUT2D eigenvalue weighted by atomic mass is 10.3. The van der Waals surface area contributed by atoms with Gasteiger partial charge < -0.3 is 0 Å². The fraction of sp³-hybridized carbons (Fsp3) is 0.353. The van der Waals surface area contributed by atoms with Crippen LogP contribution in [0.4, 0.5) is 0 Å². The highest BCUT2D eigenvalue weighted by Gasteiger charge is 2.17. The first-order valence-corrected chi connectivity index (χ1v) is 9.25. The van der Waals surface area contributed by atoms with Crippen molar-refractivity contribution in [2.24, 2.45) is 0 Å². The summed E-state index contributed by atoms with van der Waals surface area (Å²) in [6.45, 7) is 8.59. The minimum atomic E-state index is 0.344. The predicted molar refractivity (Wildman–Crippen MR) is 99.9 cm³/mol. The van der Waals surface area contributed by atoms with Gasteiger partial charge in [0.1, 0.15) is 11.4 Å². The zero-order valence-corrected chi connectivity index (χ0v) is 15.6. The second-order valence-corrected chi connectivity index (χ2v) is 7.13. The standard InChI is InChI=1S/C17H20ClN5S/c1-4-22(5-2)12(3)24-17-15-10-21-23(16(15)19-11-20-17)14-8-6-13(18)7-9-14/h6-12H,4-5H2,1-3H3. The summed E-state index contributed by atoms with van der Waals surface area (Å²) in [5.74, 6) is 0. The minimum absolute atomic E-state index is 0.344. The second-order valence-electron chi connectivity index (χ2n) is 5.39. The molecule has 0 amide bonds. The van der Waals surface area contributed by atoms with E-state index in [2.05, 4.69) is 40.7 Å². The van der Waals surface area contributed by atoms with Crippen LogP contribution in [0.2, 0.25) is 5.02 Å². The van der Waals surface area contributed by atoms with Crippen molar-refractivity contribution in [1.29, 1.82) is 0 Å². The van der Waals surface area contributed by atoms with Gasteiger partial charge in [-0.2, -0.15) is 5.10 Å². The third-order valence-corrected chi connectivity index (χ3v) is 5.45. The molecule has 0 radical (unpaired) electrons. The second kappa shape index (κ2) is 7.51. The summed E-state index contributed by atoms with van der Waals surface area (Å²) in [6, 6.07) is 7.57. The number of nitrogens with zero attached hydrogens (tertiary/aromatic N) is 5. The molecule has 2 heterocycles. The first-order valence-electron chi connectivity index (χ1n) is 7.99. The molecular formula is C17H20ClN5S. The van der Waals surface area contributed by atoms with Gasteiger partial charge in [0.25, 0.3) is 0 Å². The smallest absolute Gasteiger partial charge is 0.167 e. The van der Waals surface area contributed by atoms with Crippen molar-refractivity contribution in [3.8, 4) is 5.69 Å². The van der Waals surface area contributed by atoms with Crippen LogP contribution in [0, 0.1) is 0 Å². The Morgan fingerprint density at radius 1 is 1.17 bits per heavy atom. The largest absolute Gasteiger partial charge is 0.292 e. The Labute approximate surface area is 151 Å². The molecule has 7 heteroatoms. The summed E-state index contributed by atoms with van der Waals surface area (Å²) in [5, 5.41) is 7.47. The highest BCUT2D eigenvalue weighted by Crippen LogP contribution is 2.30. The zero-order valence-electron chi connectivity index (χ0n) is 14.0. The van der Waals surface area contributed by atoms with E-state index >= 15 is 0 Å². The van der Waals surface area contributed by atoms with E-state index in [-0.39, 0.29) is 0 Å². The lowest BCUT2D eigenvalue weighted by Crippen LogP contribution is -2.30. The van der Waals surface area contributed by atoms with Crippen molar-refractivity contribution in [3.05, 3.63) is 41.8 Å². The molecule has 0 bridgehead atoms. The minimum Gasteiger partial charge on any atom is -0.292 e. The number of benzene rings is 1. The number of rotatable bonds is 6. The van der Waals surface area contributed by atoms with Gasteiger partial charge >= 0.3 is 0 Å². The van der Waals surface area contributed by atoms with Crippen LogP contribution in [0.3, 0.4) is 0 Å². The molecule has 0 spiro atoms. The van der Waals surface area contributed by atoms with Gasteiger partial charge in [0.2, 0.25) is 0 Å². The summed E-state index contributed by atoms with van der Waals surface area (Å²) in [5.41, 5.74) is 1.74. The average Bonchev–Trinajstić information content (AvgIpc) is 3.02. The Morgan fingerprint density at radius 3 is 2.54 bits per heavy atom. The van der Waals surface area contributed by atoms with Gasteiger partial charge in [-0.1, -0.05) is 37.2 Å². The summed E-state index contributed by atoms with van der Waals surface area (Å²) >= 11 is 7.71.